The second-order valence-corrected chi connectivity index (χ2v) is 4.03. The van der Waals surface area contributed by atoms with Crippen molar-refractivity contribution >= 4 is 15.9 Å². The number of para-hydroxylation sites is 1. The summed E-state index contributed by atoms with van der Waals surface area (Å²) in [5.41, 5.74) is 5.35. The summed E-state index contributed by atoms with van der Waals surface area (Å²) in [4.78, 5) is 0. The number of hydrogen-bond acceptors (Lipinski definition) is 3. The fraction of sp³-hybridized carbons (Fsp3) is 0.455. The summed E-state index contributed by atoms with van der Waals surface area (Å²) in [6, 6.07) is 7.87. The van der Waals surface area contributed by atoms with Gasteiger partial charge in [-0.1, -0.05) is 12.1 Å². The van der Waals surface area contributed by atoms with E-state index in [9.17, 15) is 0 Å². The molecule has 0 aromatic heterocycles. The Labute approximate surface area is 99.1 Å². The minimum Gasteiger partial charge on any atom is -0.492 e. The van der Waals surface area contributed by atoms with Gasteiger partial charge in [-0.05, 0) is 41.0 Å². The van der Waals surface area contributed by atoms with Crippen LogP contribution in [0.15, 0.2) is 28.7 Å². The highest BCUT2D eigenvalue weighted by atomic mass is 79.9. The molecule has 0 unspecified atom stereocenters. The van der Waals surface area contributed by atoms with Crippen molar-refractivity contribution in [2.24, 2.45) is 5.73 Å². The minimum atomic E-state index is 0.686. The molecule has 1 aromatic rings. The van der Waals surface area contributed by atoms with Gasteiger partial charge in [0, 0.05) is 13.1 Å². The van der Waals surface area contributed by atoms with Crippen molar-refractivity contribution < 1.29 is 4.74 Å². The van der Waals surface area contributed by atoms with Gasteiger partial charge in [0.05, 0.1) is 11.1 Å². The zero-order chi connectivity index (χ0) is 10.9. The normalized spacial score (nSPS) is 10.3. The van der Waals surface area contributed by atoms with Crippen molar-refractivity contribution in [3.05, 3.63) is 28.7 Å². The Morgan fingerprint density at radius 2 is 2.07 bits per heavy atom. The topological polar surface area (TPSA) is 47.3 Å². The highest BCUT2D eigenvalue weighted by Crippen LogP contribution is 2.23. The van der Waals surface area contributed by atoms with Crippen molar-refractivity contribution in [2.75, 3.05) is 26.2 Å². The van der Waals surface area contributed by atoms with E-state index in [1.807, 2.05) is 24.3 Å². The van der Waals surface area contributed by atoms with Crippen LogP contribution in [-0.4, -0.2) is 26.2 Å². The lowest BCUT2D eigenvalue weighted by atomic mass is 10.3. The standard InChI is InChI=1S/C11H17BrN2O/c12-10-4-1-2-5-11(10)15-9-3-7-14-8-6-13/h1-2,4-5,14H,3,6-9,13H2. The molecule has 0 aliphatic heterocycles. The molecule has 0 atom stereocenters. The second-order valence-electron chi connectivity index (χ2n) is 3.17. The van der Waals surface area contributed by atoms with Gasteiger partial charge in [0.2, 0.25) is 0 Å². The van der Waals surface area contributed by atoms with Gasteiger partial charge in [-0.25, -0.2) is 0 Å². The van der Waals surface area contributed by atoms with Crippen molar-refractivity contribution in [1.29, 1.82) is 0 Å². The Morgan fingerprint density at radius 1 is 1.27 bits per heavy atom. The first-order valence-corrected chi connectivity index (χ1v) is 5.92. The van der Waals surface area contributed by atoms with Crippen LogP contribution in [0.5, 0.6) is 5.75 Å². The van der Waals surface area contributed by atoms with Crippen LogP contribution in [0.3, 0.4) is 0 Å². The maximum Gasteiger partial charge on any atom is 0.133 e. The Hall–Kier alpha value is -0.580. The first-order chi connectivity index (χ1) is 7.34. The van der Waals surface area contributed by atoms with Crippen LogP contribution in [0.4, 0.5) is 0 Å². The van der Waals surface area contributed by atoms with Gasteiger partial charge in [0.25, 0.3) is 0 Å². The highest BCUT2D eigenvalue weighted by Gasteiger charge is 1.97. The van der Waals surface area contributed by atoms with Crippen LogP contribution >= 0.6 is 15.9 Å². The SMILES string of the molecule is NCCNCCCOc1ccccc1Br. The van der Waals surface area contributed by atoms with E-state index in [0.717, 1.165) is 36.3 Å². The van der Waals surface area contributed by atoms with Crippen LogP contribution in [0.1, 0.15) is 6.42 Å². The number of nitrogens with one attached hydrogen (secondary N) is 1. The van der Waals surface area contributed by atoms with Crippen LogP contribution in [-0.2, 0) is 0 Å². The third-order valence-electron chi connectivity index (χ3n) is 1.91. The molecule has 15 heavy (non-hydrogen) atoms. The zero-order valence-corrected chi connectivity index (χ0v) is 10.3. The van der Waals surface area contributed by atoms with Gasteiger partial charge < -0.3 is 15.8 Å². The predicted octanol–water partition coefficient (Wildman–Crippen LogP) is 1.77. The number of nitrogens with two attached hydrogens (primary N) is 1. The molecule has 0 spiro atoms. The molecule has 0 aliphatic carbocycles. The molecular formula is C11H17BrN2O. The number of benzene rings is 1. The zero-order valence-electron chi connectivity index (χ0n) is 8.71. The Bertz CT molecular complexity index is 281. The summed E-state index contributed by atoms with van der Waals surface area (Å²) in [5, 5.41) is 3.22. The molecule has 0 amide bonds. The van der Waals surface area contributed by atoms with E-state index in [1.165, 1.54) is 0 Å². The maximum atomic E-state index is 5.60. The quantitative estimate of drug-likeness (QED) is 0.744. The summed E-state index contributed by atoms with van der Waals surface area (Å²) in [6.45, 7) is 3.22. The molecule has 3 N–H and O–H groups in total. The van der Waals surface area contributed by atoms with E-state index in [2.05, 4.69) is 21.2 Å². The highest BCUT2D eigenvalue weighted by molar-refractivity contribution is 9.10. The third kappa shape index (κ3) is 5.16. The smallest absolute Gasteiger partial charge is 0.133 e. The van der Waals surface area contributed by atoms with Gasteiger partial charge in [0.1, 0.15) is 5.75 Å². The first-order valence-electron chi connectivity index (χ1n) is 5.12. The fourth-order valence-electron chi connectivity index (χ4n) is 1.17. The second kappa shape index (κ2) is 7.68. The van der Waals surface area contributed by atoms with Crippen molar-refractivity contribution in [1.82, 2.24) is 5.32 Å². The molecule has 0 saturated heterocycles. The van der Waals surface area contributed by atoms with Crippen molar-refractivity contribution in [3.63, 3.8) is 0 Å². The van der Waals surface area contributed by atoms with E-state index < -0.39 is 0 Å². The van der Waals surface area contributed by atoms with Gasteiger partial charge in [0.15, 0.2) is 0 Å². The van der Waals surface area contributed by atoms with E-state index in [1.54, 1.807) is 0 Å². The average Bonchev–Trinajstić information content (AvgIpc) is 2.25. The fourth-order valence-corrected chi connectivity index (χ4v) is 1.57. The van der Waals surface area contributed by atoms with Crippen LogP contribution in [0.25, 0.3) is 0 Å². The molecule has 0 heterocycles. The lowest BCUT2D eigenvalue weighted by Crippen LogP contribution is -2.24. The molecule has 0 aliphatic rings. The number of halogens is 1. The number of hydrogen-bond donors (Lipinski definition) is 2. The summed E-state index contributed by atoms with van der Waals surface area (Å²) >= 11 is 3.43. The van der Waals surface area contributed by atoms with Crippen molar-refractivity contribution in [2.45, 2.75) is 6.42 Å². The molecule has 1 rings (SSSR count). The number of rotatable bonds is 7. The Balaban J connectivity index is 2.12. The monoisotopic (exact) mass is 272 g/mol. The summed E-state index contributed by atoms with van der Waals surface area (Å²) in [5.74, 6) is 0.899. The molecule has 1 aromatic carbocycles. The van der Waals surface area contributed by atoms with Crippen molar-refractivity contribution in [3.8, 4) is 5.75 Å². The molecule has 4 heteroatoms. The minimum absolute atomic E-state index is 0.686. The molecular weight excluding hydrogens is 256 g/mol. The maximum absolute atomic E-state index is 5.60. The molecule has 0 fully saturated rings. The molecule has 0 saturated carbocycles. The first kappa shape index (κ1) is 12.5. The Morgan fingerprint density at radius 3 is 2.80 bits per heavy atom. The summed E-state index contributed by atoms with van der Waals surface area (Å²) < 4.78 is 6.60. The third-order valence-corrected chi connectivity index (χ3v) is 2.57. The van der Waals surface area contributed by atoms with Gasteiger partial charge in [-0.3, -0.25) is 0 Å². The van der Waals surface area contributed by atoms with Crippen LogP contribution < -0.4 is 15.8 Å². The lowest BCUT2D eigenvalue weighted by molar-refractivity contribution is 0.306. The molecule has 84 valence electrons. The van der Waals surface area contributed by atoms with E-state index >= 15 is 0 Å². The lowest BCUT2D eigenvalue weighted by Gasteiger charge is -2.08. The largest absolute Gasteiger partial charge is 0.492 e. The van der Waals surface area contributed by atoms with Gasteiger partial charge in [-0.2, -0.15) is 0 Å². The Kier molecular flexibility index (Phi) is 6.39. The number of ether oxygens (including phenoxy) is 1. The average molecular weight is 273 g/mol. The molecule has 0 radical (unpaired) electrons. The summed E-state index contributed by atoms with van der Waals surface area (Å²) in [6.07, 6.45) is 0.987. The predicted molar refractivity (Wildman–Crippen MR) is 66.2 cm³/mol. The van der Waals surface area contributed by atoms with Gasteiger partial charge in [-0.15, -0.1) is 0 Å². The van der Waals surface area contributed by atoms with E-state index in [4.69, 9.17) is 10.5 Å². The van der Waals surface area contributed by atoms with E-state index in [0.29, 0.717) is 6.54 Å². The van der Waals surface area contributed by atoms with E-state index in [-0.39, 0.29) is 0 Å². The van der Waals surface area contributed by atoms with Gasteiger partial charge >= 0.3 is 0 Å². The van der Waals surface area contributed by atoms with Crippen LogP contribution in [0.2, 0.25) is 0 Å². The molecule has 0 bridgehead atoms. The summed E-state index contributed by atoms with van der Waals surface area (Å²) in [7, 11) is 0. The van der Waals surface area contributed by atoms with Crippen LogP contribution in [0, 0.1) is 0 Å². The molecule has 3 nitrogen and oxygen atoms in total.